The fourth-order valence-electron chi connectivity index (χ4n) is 3.34. The van der Waals surface area contributed by atoms with Gasteiger partial charge in [0.2, 0.25) is 0 Å². The zero-order valence-corrected chi connectivity index (χ0v) is 11.6. The van der Waals surface area contributed by atoms with Crippen LogP contribution >= 0.6 is 0 Å². The summed E-state index contributed by atoms with van der Waals surface area (Å²) in [7, 11) is 2.05. The monoisotopic (exact) mass is 239 g/mol. The van der Waals surface area contributed by atoms with Gasteiger partial charge in [-0.2, -0.15) is 0 Å². The van der Waals surface area contributed by atoms with Crippen LogP contribution in [-0.4, -0.2) is 61.7 Å². The van der Waals surface area contributed by atoms with Crippen LogP contribution in [0.2, 0.25) is 0 Å². The largest absolute Gasteiger partial charge is 0.320 e. The number of nitrogens with one attached hydrogen (secondary N) is 1. The zero-order valence-electron chi connectivity index (χ0n) is 11.6. The Balaban J connectivity index is 1.74. The Morgan fingerprint density at radius 3 is 2.94 bits per heavy atom. The molecule has 0 aromatic carbocycles. The van der Waals surface area contributed by atoms with E-state index in [1.54, 1.807) is 0 Å². The molecule has 2 rings (SSSR count). The molecule has 0 aromatic rings. The van der Waals surface area contributed by atoms with Crippen LogP contribution in [0.25, 0.3) is 0 Å². The van der Waals surface area contributed by atoms with Crippen molar-refractivity contribution in [2.45, 2.75) is 51.1 Å². The van der Waals surface area contributed by atoms with Crippen LogP contribution in [0.15, 0.2) is 0 Å². The maximum atomic E-state index is 3.24. The molecule has 1 N–H and O–H groups in total. The quantitative estimate of drug-likeness (QED) is 0.734. The molecule has 2 aliphatic heterocycles. The van der Waals surface area contributed by atoms with Gasteiger partial charge in [0.05, 0.1) is 0 Å². The van der Waals surface area contributed by atoms with Gasteiger partial charge in [-0.25, -0.2) is 0 Å². The molecule has 0 spiro atoms. The molecule has 100 valence electrons. The first-order valence-corrected chi connectivity index (χ1v) is 7.44. The lowest BCUT2D eigenvalue weighted by molar-refractivity contribution is 0.0290. The van der Waals surface area contributed by atoms with Gasteiger partial charge in [0.15, 0.2) is 0 Å². The molecule has 0 bridgehead atoms. The maximum Gasteiger partial charge on any atom is 0.0223 e. The Kier molecular flexibility index (Phi) is 5.26. The normalized spacial score (nSPS) is 28.9. The third-order valence-electron chi connectivity index (χ3n) is 4.54. The van der Waals surface area contributed by atoms with E-state index in [1.165, 1.54) is 58.3 Å². The second-order valence-corrected chi connectivity index (χ2v) is 5.78. The predicted octanol–water partition coefficient (Wildman–Crippen LogP) is 1.54. The second kappa shape index (κ2) is 6.72. The third kappa shape index (κ3) is 3.67. The van der Waals surface area contributed by atoms with Gasteiger partial charge in [0.1, 0.15) is 0 Å². The molecule has 3 heteroatoms. The fraction of sp³-hybridized carbons (Fsp3) is 1.00. The van der Waals surface area contributed by atoms with Crippen LogP contribution in [0.5, 0.6) is 0 Å². The van der Waals surface area contributed by atoms with Crippen molar-refractivity contribution in [2.75, 3.05) is 39.8 Å². The summed E-state index contributed by atoms with van der Waals surface area (Å²) < 4.78 is 0. The summed E-state index contributed by atoms with van der Waals surface area (Å²) in [6.07, 6.45) is 6.95. The van der Waals surface area contributed by atoms with Crippen LogP contribution in [0.4, 0.5) is 0 Å². The SMILES string of the molecule is CNCCCC(C)N1CCN2CCCCC2C1. The van der Waals surface area contributed by atoms with Crippen molar-refractivity contribution < 1.29 is 0 Å². The standard InChI is InChI=1S/C14H29N3/c1-13(6-5-8-15-2)17-11-10-16-9-4-3-7-14(16)12-17/h13-15H,3-12H2,1-2H3. The van der Waals surface area contributed by atoms with Gasteiger partial charge in [-0.1, -0.05) is 6.42 Å². The van der Waals surface area contributed by atoms with E-state index in [4.69, 9.17) is 0 Å². The first-order chi connectivity index (χ1) is 8.31. The van der Waals surface area contributed by atoms with Crippen molar-refractivity contribution in [1.82, 2.24) is 15.1 Å². The first kappa shape index (κ1) is 13.3. The summed E-state index contributed by atoms with van der Waals surface area (Å²) in [5.74, 6) is 0. The fourth-order valence-corrected chi connectivity index (χ4v) is 3.34. The summed E-state index contributed by atoms with van der Waals surface area (Å²) in [4.78, 5) is 5.45. The highest BCUT2D eigenvalue weighted by atomic mass is 15.3. The van der Waals surface area contributed by atoms with Crippen LogP contribution in [0.1, 0.15) is 39.0 Å². The van der Waals surface area contributed by atoms with Crippen LogP contribution in [-0.2, 0) is 0 Å². The van der Waals surface area contributed by atoms with E-state index in [9.17, 15) is 0 Å². The molecule has 2 atom stereocenters. The Hall–Kier alpha value is -0.120. The molecule has 2 aliphatic rings. The Labute approximate surface area is 107 Å². The van der Waals surface area contributed by atoms with E-state index in [1.807, 2.05) is 7.05 Å². The van der Waals surface area contributed by atoms with Crippen LogP contribution in [0.3, 0.4) is 0 Å². The maximum absolute atomic E-state index is 3.24. The second-order valence-electron chi connectivity index (χ2n) is 5.78. The molecule has 0 amide bonds. The first-order valence-electron chi connectivity index (χ1n) is 7.44. The van der Waals surface area contributed by atoms with Gasteiger partial charge in [-0.3, -0.25) is 9.80 Å². The van der Waals surface area contributed by atoms with E-state index in [0.29, 0.717) is 0 Å². The van der Waals surface area contributed by atoms with Crippen LogP contribution in [0, 0.1) is 0 Å². The van der Waals surface area contributed by atoms with Gasteiger partial charge < -0.3 is 5.32 Å². The molecule has 17 heavy (non-hydrogen) atoms. The predicted molar refractivity (Wildman–Crippen MR) is 73.4 cm³/mol. The number of piperazine rings is 1. The van der Waals surface area contributed by atoms with Gasteiger partial charge in [0, 0.05) is 31.7 Å². The Bertz CT molecular complexity index is 220. The molecule has 2 unspecified atom stereocenters. The highest BCUT2D eigenvalue weighted by Gasteiger charge is 2.30. The summed E-state index contributed by atoms with van der Waals surface area (Å²) in [6.45, 7) is 8.84. The molecule has 0 aliphatic carbocycles. The average Bonchev–Trinajstić information content (AvgIpc) is 2.38. The number of nitrogens with zero attached hydrogens (tertiary/aromatic N) is 2. The smallest absolute Gasteiger partial charge is 0.0223 e. The van der Waals surface area contributed by atoms with E-state index in [2.05, 4.69) is 22.0 Å². The molecular formula is C14H29N3. The molecule has 3 nitrogen and oxygen atoms in total. The zero-order chi connectivity index (χ0) is 12.1. The van der Waals surface area contributed by atoms with E-state index >= 15 is 0 Å². The van der Waals surface area contributed by atoms with Crippen LogP contribution < -0.4 is 5.32 Å². The molecular weight excluding hydrogens is 210 g/mol. The molecule has 0 radical (unpaired) electrons. The summed E-state index contributed by atoms with van der Waals surface area (Å²) in [6, 6.07) is 1.64. The molecule has 2 fully saturated rings. The minimum Gasteiger partial charge on any atom is -0.320 e. The summed E-state index contributed by atoms with van der Waals surface area (Å²) >= 11 is 0. The highest BCUT2D eigenvalue weighted by molar-refractivity contribution is 4.86. The van der Waals surface area contributed by atoms with Crippen molar-refractivity contribution in [3.8, 4) is 0 Å². The van der Waals surface area contributed by atoms with Gasteiger partial charge in [0.25, 0.3) is 0 Å². The third-order valence-corrected chi connectivity index (χ3v) is 4.54. The van der Waals surface area contributed by atoms with Crippen molar-refractivity contribution in [3.05, 3.63) is 0 Å². The average molecular weight is 239 g/mol. The lowest BCUT2D eigenvalue weighted by Crippen LogP contribution is -2.56. The summed E-state index contributed by atoms with van der Waals surface area (Å²) in [5.41, 5.74) is 0. The highest BCUT2D eigenvalue weighted by Crippen LogP contribution is 2.22. The van der Waals surface area contributed by atoms with Crippen molar-refractivity contribution in [2.24, 2.45) is 0 Å². The minimum absolute atomic E-state index is 0.771. The van der Waals surface area contributed by atoms with E-state index < -0.39 is 0 Å². The number of hydrogen-bond acceptors (Lipinski definition) is 3. The van der Waals surface area contributed by atoms with Crippen molar-refractivity contribution in [3.63, 3.8) is 0 Å². The lowest BCUT2D eigenvalue weighted by atomic mass is 9.98. The van der Waals surface area contributed by atoms with Crippen molar-refractivity contribution in [1.29, 1.82) is 0 Å². The Morgan fingerprint density at radius 2 is 2.12 bits per heavy atom. The number of piperidine rings is 1. The molecule has 0 saturated carbocycles. The van der Waals surface area contributed by atoms with Gasteiger partial charge in [-0.15, -0.1) is 0 Å². The number of hydrogen-bond donors (Lipinski definition) is 1. The molecule has 2 heterocycles. The summed E-state index contributed by atoms with van der Waals surface area (Å²) in [5, 5.41) is 3.24. The minimum atomic E-state index is 0.771. The number of rotatable bonds is 5. The van der Waals surface area contributed by atoms with Gasteiger partial charge >= 0.3 is 0 Å². The van der Waals surface area contributed by atoms with E-state index in [0.717, 1.165) is 18.6 Å². The number of fused-ring (bicyclic) bond motifs is 1. The molecule has 2 saturated heterocycles. The molecule has 0 aromatic heterocycles. The van der Waals surface area contributed by atoms with Gasteiger partial charge in [-0.05, 0) is 52.7 Å². The van der Waals surface area contributed by atoms with E-state index in [-0.39, 0.29) is 0 Å². The Morgan fingerprint density at radius 1 is 1.24 bits per heavy atom. The van der Waals surface area contributed by atoms with Crippen molar-refractivity contribution >= 4 is 0 Å². The lowest BCUT2D eigenvalue weighted by Gasteiger charge is -2.46. The topological polar surface area (TPSA) is 18.5 Å².